The second-order valence-electron chi connectivity index (χ2n) is 4.00. The van der Waals surface area contributed by atoms with Crippen molar-refractivity contribution in [2.45, 2.75) is 26.2 Å². The van der Waals surface area contributed by atoms with Gasteiger partial charge in [-0.3, -0.25) is 10.2 Å². The van der Waals surface area contributed by atoms with Gasteiger partial charge in [-0.25, -0.2) is 10.8 Å². The van der Waals surface area contributed by atoms with Gasteiger partial charge in [0.25, 0.3) is 0 Å². The third-order valence-electron chi connectivity index (χ3n) is 2.55. The van der Waals surface area contributed by atoms with Crippen LogP contribution in [0.2, 0.25) is 0 Å². The Hall–Kier alpha value is -1.66. The molecule has 1 heterocycles. The molecule has 0 spiro atoms. The summed E-state index contributed by atoms with van der Waals surface area (Å²) < 4.78 is 1.04. The number of thiazole rings is 1. The van der Waals surface area contributed by atoms with E-state index in [-0.39, 0.29) is 5.91 Å². The minimum Gasteiger partial charge on any atom is -0.326 e. The number of nitrogens with two attached hydrogens (primary N) is 1. The number of amides is 1. The smallest absolute Gasteiger partial charge is 0.224 e. The summed E-state index contributed by atoms with van der Waals surface area (Å²) in [5, 5.41) is 3.54. The van der Waals surface area contributed by atoms with Gasteiger partial charge in [0.2, 0.25) is 5.91 Å². The molecule has 4 N–H and O–H groups in total. The van der Waals surface area contributed by atoms with Gasteiger partial charge in [-0.1, -0.05) is 24.7 Å². The fourth-order valence-corrected chi connectivity index (χ4v) is 2.38. The molecule has 5 nitrogen and oxygen atoms in total. The molecule has 0 bridgehead atoms. The Morgan fingerprint density at radius 2 is 2.33 bits per heavy atom. The lowest BCUT2D eigenvalue weighted by Crippen LogP contribution is -2.10. The predicted molar refractivity (Wildman–Crippen MR) is 75.6 cm³/mol. The zero-order chi connectivity index (χ0) is 13.0. The molecule has 0 aliphatic rings. The molecule has 96 valence electrons. The first-order valence-electron chi connectivity index (χ1n) is 5.90. The summed E-state index contributed by atoms with van der Waals surface area (Å²) >= 11 is 1.48. The third kappa shape index (κ3) is 2.96. The number of nitrogen functional groups attached to an aromatic ring is 1. The predicted octanol–water partition coefficient (Wildman–Crippen LogP) is 2.71. The van der Waals surface area contributed by atoms with Crippen molar-refractivity contribution in [1.29, 1.82) is 0 Å². The minimum absolute atomic E-state index is 0.0450. The molecule has 0 atom stereocenters. The number of fused-ring (bicyclic) bond motifs is 1. The Morgan fingerprint density at radius 3 is 3.06 bits per heavy atom. The number of hydrogen-bond donors (Lipinski definition) is 3. The summed E-state index contributed by atoms with van der Waals surface area (Å²) in [5.41, 5.74) is 4.13. The second-order valence-corrected chi connectivity index (χ2v) is 5.03. The number of benzene rings is 1. The van der Waals surface area contributed by atoms with Crippen LogP contribution in [0.5, 0.6) is 0 Å². The molecule has 1 amide bonds. The zero-order valence-electron chi connectivity index (χ0n) is 10.2. The van der Waals surface area contributed by atoms with Crippen molar-refractivity contribution in [3.8, 4) is 0 Å². The summed E-state index contributed by atoms with van der Waals surface area (Å²) in [6, 6.07) is 5.67. The van der Waals surface area contributed by atoms with E-state index >= 15 is 0 Å². The third-order valence-corrected chi connectivity index (χ3v) is 3.52. The summed E-state index contributed by atoms with van der Waals surface area (Å²) in [5.74, 6) is 5.36. The first kappa shape index (κ1) is 12.8. The molecule has 0 unspecified atom stereocenters. The maximum Gasteiger partial charge on any atom is 0.224 e. The molecular weight excluding hydrogens is 248 g/mol. The molecule has 0 saturated carbocycles. The van der Waals surface area contributed by atoms with Crippen LogP contribution in [-0.4, -0.2) is 10.9 Å². The molecule has 1 aromatic carbocycles. The van der Waals surface area contributed by atoms with E-state index in [1.807, 2.05) is 18.2 Å². The van der Waals surface area contributed by atoms with Gasteiger partial charge in [0, 0.05) is 12.1 Å². The fourth-order valence-electron chi connectivity index (χ4n) is 1.63. The van der Waals surface area contributed by atoms with Crippen LogP contribution in [0.1, 0.15) is 26.2 Å². The number of unbranched alkanes of at least 4 members (excludes halogenated alkanes) is 1. The lowest BCUT2D eigenvalue weighted by Gasteiger charge is -2.04. The number of carbonyl (C=O) groups excluding carboxylic acids is 1. The van der Waals surface area contributed by atoms with Crippen molar-refractivity contribution >= 4 is 38.3 Å². The summed E-state index contributed by atoms with van der Waals surface area (Å²) in [4.78, 5) is 15.9. The van der Waals surface area contributed by atoms with Crippen LogP contribution in [-0.2, 0) is 4.79 Å². The number of hydrazine groups is 1. The second kappa shape index (κ2) is 5.79. The maximum atomic E-state index is 11.6. The van der Waals surface area contributed by atoms with Crippen molar-refractivity contribution < 1.29 is 4.79 Å². The average molecular weight is 264 g/mol. The van der Waals surface area contributed by atoms with Gasteiger partial charge >= 0.3 is 0 Å². The topological polar surface area (TPSA) is 80.0 Å². The highest BCUT2D eigenvalue weighted by Crippen LogP contribution is 2.27. The number of nitrogens with one attached hydrogen (secondary N) is 2. The highest BCUT2D eigenvalue weighted by atomic mass is 32.1. The standard InChI is InChI=1S/C12H16N4OS/c1-2-3-4-11(17)14-8-5-6-10-9(7-8)15-12(16-13)18-10/h5-7H,2-4,13H2,1H3,(H,14,17)(H,15,16). The summed E-state index contributed by atoms with van der Waals surface area (Å²) in [7, 11) is 0. The molecule has 2 aromatic rings. The number of carbonyl (C=O) groups is 1. The van der Waals surface area contributed by atoms with Gasteiger partial charge in [-0.2, -0.15) is 0 Å². The van der Waals surface area contributed by atoms with Crippen LogP contribution in [0.4, 0.5) is 10.8 Å². The van der Waals surface area contributed by atoms with Gasteiger partial charge in [-0.05, 0) is 24.6 Å². The van der Waals surface area contributed by atoms with E-state index in [2.05, 4.69) is 22.7 Å². The maximum absolute atomic E-state index is 11.6. The minimum atomic E-state index is 0.0450. The molecule has 0 radical (unpaired) electrons. The Balaban J connectivity index is 2.11. The first-order chi connectivity index (χ1) is 8.72. The van der Waals surface area contributed by atoms with Gasteiger partial charge in [-0.15, -0.1) is 0 Å². The van der Waals surface area contributed by atoms with Gasteiger partial charge in [0.15, 0.2) is 5.13 Å². The lowest BCUT2D eigenvalue weighted by molar-refractivity contribution is -0.116. The Morgan fingerprint density at radius 1 is 1.50 bits per heavy atom. The normalized spacial score (nSPS) is 10.6. The van der Waals surface area contributed by atoms with Crippen molar-refractivity contribution in [2.24, 2.45) is 5.84 Å². The monoisotopic (exact) mass is 264 g/mol. The van der Waals surface area contributed by atoms with E-state index in [1.54, 1.807) is 0 Å². The SMILES string of the molecule is CCCCC(=O)Nc1ccc2sc(NN)nc2c1. The van der Waals surface area contributed by atoms with Crippen LogP contribution >= 0.6 is 11.3 Å². The van der Waals surface area contributed by atoms with Gasteiger partial charge in [0.1, 0.15) is 0 Å². The summed E-state index contributed by atoms with van der Waals surface area (Å²) in [6.07, 6.45) is 2.48. The number of nitrogens with zero attached hydrogens (tertiary/aromatic N) is 1. The molecule has 6 heteroatoms. The molecule has 1 aromatic heterocycles. The largest absolute Gasteiger partial charge is 0.326 e. The highest BCUT2D eigenvalue weighted by molar-refractivity contribution is 7.22. The number of anilines is 2. The van der Waals surface area contributed by atoms with E-state index in [4.69, 9.17) is 5.84 Å². The van der Waals surface area contributed by atoms with Crippen LogP contribution < -0.4 is 16.6 Å². The van der Waals surface area contributed by atoms with Crippen molar-refractivity contribution in [3.63, 3.8) is 0 Å². The van der Waals surface area contributed by atoms with Crippen LogP contribution in [0, 0.1) is 0 Å². The summed E-state index contributed by atoms with van der Waals surface area (Å²) in [6.45, 7) is 2.07. The molecule has 18 heavy (non-hydrogen) atoms. The molecular formula is C12H16N4OS. The molecule has 0 aliphatic carbocycles. The Labute approximate surface area is 109 Å². The van der Waals surface area contributed by atoms with Crippen LogP contribution in [0.25, 0.3) is 10.2 Å². The van der Waals surface area contributed by atoms with Crippen molar-refractivity contribution in [2.75, 3.05) is 10.7 Å². The molecule has 0 saturated heterocycles. The van der Waals surface area contributed by atoms with E-state index in [9.17, 15) is 4.79 Å². The zero-order valence-corrected chi connectivity index (χ0v) is 11.0. The molecule has 2 rings (SSSR count). The van der Waals surface area contributed by atoms with Crippen molar-refractivity contribution in [3.05, 3.63) is 18.2 Å². The fraction of sp³-hybridized carbons (Fsp3) is 0.333. The average Bonchev–Trinajstić information content (AvgIpc) is 2.78. The number of rotatable bonds is 5. The van der Waals surface area contributed by atoms with Gasteiger partial charge in [0.05, 0.1) is 10.2 Å². The van der Waals surface area contributed by atoms with Crippen LogP contribution in [0.15, 0.2) is 18.2 Å². The molecule has 0 fully saturated rings. The van der Waals surface area contributed by atoms with Crippen molar-refractivity contribution in [1.82, 2.24) is 4.98 Å². The first-order valence-corrected chi connectivity index (χ1v) is 6.71. The van der Waals surface area contributed by atoms with Crippen LogP contribution in [0.3, 0.4) is 0 Å². The lowest BCUT2D eigenvalue weighted by atomic mass is 10.2. The highest BCUT2D eigenvalue weighted by Gasteiger charge is 2.05. The van der Waals surface area contributed by atoms with E-state index in [0.29, 0.717) is 11.6 Å². The number of aromatic nitrogens is 1. The van der Waals surface area contributed by atoms with Gasteiger partial charge < -0.3 is 5.32 Å². The van der Waals surface area contributed by atoms with E-state index in [0.717, 1.165) is 28.7 Å². The Kier molecular flexibility index (Phi) is 4.11. The van der Waals surface area contributed by atoms with E-state index < -0.39 is 0 Å². The number of hydrogen-bond acceptors (Lipinski definition) is 5. The quantitative estimate of drug-likeness (QED) is 0.573. The Bertz CT molecular complexity index is 552. The molecule has 0 aliphatic heterocycles. The van der Waals surface area contributed by atoms with E-state index in [1.165, 1.54) is 11.3 Å².